The second-order valence-corrected chi connectivity index (χ2v) is 10.6. The zero-order chi connectivity index (χ0) is 26.8. The van der Waals surface area contributed by atoms with Crippen LogP contribution in [0.1, 0.15) is 38.2 Å². The van der Waals surface area contributed by atoms with E-state index in [1.54, 1.807) is 18.5 Å². The number of nitrogens with zero attached hydrogens (tertiary/aromatic N) is 2. The molecule has 9 heteroatoms. The molecule has 6 rings (SSSR count). The second kappa shape index (κ2) is 11.3. The molecule has 39 heavy (non-hydrogen) atoms. The molecule has 2 aromatic heterocycles. The largest absolute Gasteiger partial charge is 0.490 e. The van der Waals surface area contributed by atoms with E-state index in [4.69, 9.17) is 30.2 Å². The zero-order valence-electron chi connectivity index (χ0n) is 21.8. The summed E-state index contributed by atoms with van der Waals surface area (Å²) in [6, 6.07) is 11.6. The fourth-order valence-corrected chi connectivity index (χ4v) is 5.72. The van der Waals surface area contributed by atoms with Crippen molar-refractivity contribution in [3.63, 3.8) is 0 Å². The van der Waals surface area contributed by atoms with Crippen LogP contribution in [0.4, 0.5) is 11.4 Å². The molecule has 2 aliphatic rings. The van der Waals surface area contributed by atoms with E-state index in [0.717, 1.165) is 44.2 Å². The SMILES string of the molecule is CC(Oc1cc(OC2CCOCC2)c2c(Nc3c(Cl)ccc4occc34)c(C#N)cnc2c1)C1CCNCC1. The quantitative estimate of drug-likeness (QED) is 0.268. The monoisotopic (exact) mass is 546 g/mol. The molecule has 0 amide bonds. The van der Waals surface area contributed by atoms with Crippen molar-refractivity contribution in [2.75, 3.05) is 31.6 Å². The highest BCUT2D eigenvalue weighted by atomic mass is 35.5. The molecule has 2 saturated heterocycles. The van der Waals surface area contributed by atoms with Crippen molar-refractivity contribution in [1.82, 2.24) is 10.3 Å². The number of furan rings is 1. The Balaban J connectivity index is 1.45. The highest BCUT2D eigenvalue weighted by Gasteiger charge is 2.25. The average Bonchev–Trinajstić information content (AvgIpc) is 3.45. The lowest BCUT2D eigenvalue weighted by Crippen LogP contribution is -2.35. The first-order valence-corrected chi connectivity index (χ1v) is 13.9. The Bertz CT molecular complexity index is 1520. The molecule has 1 unspecified atom stereocenters. The molecule has 0 spiro atoms. The van der Waals surface area contributed by atoms with E-state index in [9.17, 15) is 5.26 Å². The number of anilines is 2. The van der Waals surface area contributed by atoms with Gasteiger partial charge in [-0.1, -0.05) is 11.6 Å². The van der Waals surface area contributed by atoms with Gasteiger partial charge in [-0.15, -0.1) is 0 Å². The third-order valence-electron chi connectivity index (χ3n) is 7.69. The van der Waals surface area contributed by atoms with Gasteiger partial charge in [-0.25, -0.2) is 0 Å². The predicted molar refractivity (Wildman–Crippen MR) is 151 cm³/mol. The number of hydrogen-bond acceptors (Lipinski definition) is 8. The molecule has 2 aromatic carbocycles. The van der Waals surface area contributed by atoms with Crippen LogP contribution in [0.25, 0.3) is 21.9 Å². The van der Waals surface area contributed by atoms with Crippen LogP contribution in [0.2, 0.25) is 5.02 Å². The summed E-state index contributed by atoms with van der Waals surface area (Å²) in [6.45, 7) is 5.44. The van der Waals surface area contributed by atoms with Gasteiger partial charge in [0.25, 0.3) is 0 Å². The first-order chi connectivity index (χ1) is 19.1. The van der Waals surface area contributed by atoms with Crippen molar-refractivity contribution < 1.29 is 18.6 Å². The molecule has 1 atom stereocenters. The van der Waals surface area contributed by atoms with Crippen molar-refractivity contribution in [3.05, 3.63) is 53.4 Å². The molecule has 4 heterocycles. The maximum absolute atomic E-state index is 10.1. The van der Waals surface area contributed by atoms with E-state index >= 15 is 0 Å². The van der Waals surface area contributed by atoms with Crippen molar-refractivity contribution in [2.45, 2.75) is 44.8 Å². The molecule has 2 fully saturated rings. The minimum atomic E-state index is -0.0153. The van der Waals surface area contributed by atoms with Crippen LogP contribution < -0.4 is 20.1 Å². The lowest BCUT2D eigenvalue weighted by Gasteiger charge is -2.29. The summed E-state index contributed by atoms with van der Waals surface area (Å²) in [4.78, 5) is 4.65. The van der Waals surface area contributed by atoms with E-state index in [-0.39, 0.29) is 12.2 Å². The summed E-state index contributed by atoms with van der Waals surface area (Å²) in [5, 5.41) is 19.0. The summed E-state index contributed by atoms with van der Waals surface area (Å²) >= 11 is 6.64. The van der Waals surface area contributed by atoms with Crippen LogP contribution in [0, 0.1) is 17.2 Å². The number of fused-ring (bicyclic) bond motifs is 2. The highest BCUT2D eigenvalue weighted by molar-refractivity contribution is 6.35. The van der Waals surface area contributed by atoms with E-state index in [1.165, 1.54) is 0 Å². The Morgan fingerprint density at radius 2 is 1.95 bits per heavy atom. The van der Waals surface area contributed by atoms with Crippen molar-refractivity contribution >= 4 is 44.8 Å². The minimum absolute atomic E-state index is 0.0153. The zero-order valence-corrected chi connectivity index (χ0v) is 22.6. The van der Waals surface area contributed by atoms with Crippen molar-refractivity contribution in [3.8, 4) is 17.6 Å². The van der Waals surface area contributed by atoms with Crippen LogP contribution in [0.5, 0.6) is 11.5 Å². The van der Waals surface area contributed by atoms with Gasteiger partial charge < -0.3 is 29.3 Å². The van der Waals surface area contributed by atoms with Gasteiger partial charge in [0.1, 0.15) is 29.3 Å². The van der Waals surface area contributed by atoms with Crippen molar-refractivity contribution in [2.24, 2.45) is 5.92 Å². The van der Waals surface area contributed by atoms with E-state index in [1.807, 2.05) is 24.3 Å². The molecule has 0 saturated carbocycles. The summed E-state index contributed by atoms with van der Waals surface area (Å²) in [7, 11) is 0. The van der Waals surface area contributed by atoms with Gasteiger partial charge in [0.2, 0.25) is 0 Å². The molecule has 202 valence electrons. The minimum Gasteiger partial charge on any atom is -0.490 e. The fourth-order valence-electron chi connectivity index (χ4n) is 5.51. The predicted octanol–water partition coefficient (Wildman–Crippen LogP) is 6.57. The number of ether oxygens (including phenoxy) is 3. The molecule has 0 bridgehead atoms. The Labute approximate surface area is 232 Å². The molecule has 2 aliphatic heterocycles. The lowest BCUT2D eigenvalue weighted by molar-refractivity contribution is 0.0260. The fraction of sp³-hybridized carbons (Fsp3) is 0.400. The van der Waals surface area contributed by atoms with E-state index in [0.29, 0.717) is 69.1 Å². The van der Waals surface area contributed by atoms with Gasteiger partial charge in [0.15, 0.2) is 0 Å². The molecular formula is C30H31ClN4O4. The van der Waals surface area contributed by atoms with Crippen LogP contribution >= 0.6 is 11.6 Å². The number of piperidine rings is 1. The standard InChI is InChI=1S/C30H31ClN4O4/c1-18(19-4-9-33-10-5-19)38-22-14-25-28(27(15-22)39-21-6-11-36-12-7-21)29(20(16-32)17-34-25)35-30-23-8-13-37-26(23)3-2-24(30)31/h2-3,8,13-15,17-19,21,33H,4-7,9-12H2,1H3,(H,34,35). The number of nitriles is 1. The maximum Gasteiger partial charge on any atom is 0.136 e. The smallest absolute Gasteiger partial charge is 0.136 e. The summed E-state index contributed by atoms with van der Waals surface area (Å²) in [5.41, 5.74) is 2.98. The van der Waals surface area contributed by atoms with Crippen molar-refractivity contribution in [1.29, 1.82) is 5.26 Å². The normalized spacial score (nSPS) is 17.7. The van der Waals surface area contributed by atoms with Crippen LogP contribution in [0.15, 0.2) is 47.2 Å². The van der Waals surface area contributed by atoms with Gasteiger partial charge in [0.05, 0.1) is 58.4 Å². The van der Waals surface area contributed by atoms with Crippen LogP contribution in [0.3, 0.4) is 0 Å². The number of halogens is 1. The Morgan fingerprint density at radius 1 is 1.13 bits per heavy atom. The number of aromatic nitrogens is 1. The number of nitrogens with one attached hydrogen (secondary N) is 2. The topological polar surface area (TPSA) is 102 Å². The second-order valence-electron chi connectivity index (χ2n) is 10.2. The number of benzene rings is 2. The van der Waals surface area contributed by atoms with E-state index < -0.39 is 0 Å². The number of hydrogen-bond donors (Lipinski definition) is 2. The highest BCUT2D eigenvalue weighted by Crippen LogP contribution is 2.42. The first kappa shape index (κ1) is 25.8. The molecule has 2 N–H and O–H groups in total. The van der Waals surface area contributed by atoms with Gasteiger partial charge >= 0.3 is 0 Å². The van der Waals surface area contributed by atoms with E-state index in [2.05, 4.69) is 28.6 Å². The lowest BCUT2D eigenvalue weighted by atomic mass is 9.93. The Morgan fingerprint density at radius 3 is 2.74 bits per heavy atom. The number of rotatable bonds is 7. The first-order valence-electron chi connectivity index (χ1n) is 13.5. The molecule has 0 radical (unpaired) electrons. The summed E-state index contributed by atoms with van der Waals surface area (Å²) in [6.07, 6.45) is 6.96. The van der Waals surface area contributed by atoms with Crippen LogP contribution in [-0.2, 0) is 4.74 Å². The molecule has 4 aromatic rings. The van der Waals surface area contributed by atoms with Crippen LogP contribution in [-0.4, -0.2) is 43.5 Å². The van der Waals surface area contributed by atoms with Gasteiger partial charge in [0, 0.05) is 36.6 Å². The van der Waals surface area contributed by atoms with Gasteiger partial charge in [-0.2, -0.15) is 5.26 Å². The third-order valence-corrected chi connectivity index (χ3v) is 8.01. The van der Waals surface area contributed by atoms with Gasteiger partial charge in [-0.05, 0) is 57.0 Å². The molecular weight excluding hydrogens is 516 g/mol. The number of pyridine rings is 1. The summed E-state index contributed by atoms with van der Waals surface area (Å²) in [5.74, 6) is 1.80. The summed E-state index contributed by atoms with van der Waals surface area (Å²) < 4.78 is 24.2. The Hall–Kier alpha value is -3.51. The maximum atomic E-state index is 10.1. The molecule has 8 nitrogen and oxygen atoms in total. The molecule has 0 aliphatic carbocycles. The average molecular weight is 547 g/mol. The van der Waals surface area contributed by atoms with Gasteiger partial charge in [-0.3, -0.25) is 4.98 Å². The Kier molecular flexibility index (Phi) is 7.47. The third kappa shape index (κ3) is 5.35.